The van der Waals surface area contributed by atoms with Gasteiger partial charge in [0.05, 0.1) is 13.2 Å². The van der Waals surface area contributed by atoms with E-state index in [1.807, 2.05) is 24.3 Å². The van der Waals surface area contributed by atoms with E-state index >= 15 is 0 Å². The number of hydrogen-bond donors (Lipinski definition) is 1. The van der Waals surface area contributed by atoms with Crippen molar-refractivity contribution in [2.24, 2.45) is 0 Å². The molecule has 1 N–H and O–H groups in total. The highest BCUT2D eigenvalue weighted by Crippen LogP contribution is 2.30. The summed E-state index contributed by atoms with van der Waals surface area (Å²) in [4.78, 5) is 13.0. The Bertz CT molecular complexity index is 687. The van der Waals surface area contributed by atoms with E-state index in [1.165, 1.54) is 11.8 Å². The van der Waals surface area contributed by atoms with Crippen LogP contribution in [0.15, 0.2) is 42.5 Å². The number of carboxylic acids is 1. The Kier molecular flexibility index (Phi) is 3.88. The molecule has 21 heavy (non-hydrogen) atoms. The summed E-state index contributed by atoms with van der Waals surface area (Å²) in [5.74, 6) is -0.934. The molecular weight excluding hydrogens is 266 g/mol. The highest BCUT2D eigenvalue weighted by Gasteiger charge is 2.14. The van der Waals surface area contributed by atoms with E-state index in [2.05, 4.69) is 17.0 Å². The van der Waals surface area contributed by atoms with E-state index in [9.17, 15) is 4.79 Å². The van der Waals surface area contributed by atoms with Crippen molar-refractivity contribution in [2.45, 2.75) is 0 Å². The molecule has 0 spiro atoms. The van der Waals surface area contributed by atoms with Gasteiger partial charge in [-0.1, -0.05) is 30.3 Å². The predicted molar refractivity (Wildman–Crippen MR) is 83.6 cm³/mol. The molecule has 4 nitrogen and oxygen atoms in total. The van der Waals surface area contributed by atoms with Crippen LogP contribution in [0.3, 0.4) is 0 Å². The average Bonchev–Trinajstić information content (AvgIpc) is 2.53. The van der Waals surface area contributed by atoms with Gasteiger partial charge in [0.15, 0.2) is 0 Å². The van der Waals surface area contributed by atoms with E-state index in [0.717, 1.165) is 42.6 Å². The Hall–Kier alpha value is -2.33. The first-order valence-electron chi connectivity index (χ1n) is 7.01. The second-order valence-corrected chi connectivity index (χ2v) is 4.99. The normalized spacial score (nSPS) is 15.7. The van der Waals surface area contributed by atoms with Gasteiger partial charge in [0.2, 0.25) is 0 Å². The average molecular weight is 283 g/mol. The Labute approximate surface area is 123 Å². The summed E-state index contributed by atoms with van der Waals surface area (Å²) in [6, 6.07) is 12.1. The molecule has 0 radical (unpaired) electrons. The molecule has 1 fully saturated rings. The molecule has 2 aromatic rings. The molecular formula is C17H17NO3. The van der Waals surface area contributed by atoms with Gasteiger partial charge in [-0.05, 0) is 23.1 Å². The van der Waals surface area contributed by atoms with Gasteiger partial charge in [-0.3, -0.25) is 0 Å². The van der Waals surface area contributed by atoms with Crippen molar-refractivity contribution in [1.82, 2.24) is 0 Å². The second kappa shape index (κ2) is 5.97. The van der Waals surface area contributed by atoms with Crippen LogP contribution in [0.25, 0.3) is 16.8 Å². The number of benzene rings is 2. The molecule has 0 saturated carbocycles. The van der Waals surface area contributed by atoms with Crippen molar-refractivity contribution in [1.29, 1.82) is 0 Å². The smallest absolute Gasteiger partial charge is 0.328 e. The van der Waals surface area contributed by atoms with Crippen molar-refractivity contribution in [3.8, 4) is 0 Å². The summed E-state index contributed by atoms with van der Waals surface area (Å²) >= 11 is 0. The lowest BCUT2D eigenvalue weighted by Gasteiger charge is -2.30. The number of ether oxygens (including phenoxy) is 1. The molecule has 0 atom stereocenters. The fourth-order valence-electron chi connectivity index (χ4n) is 2.69. The molecule has 0 amide bonds. The lowest BCUT2D eigenvalue weighted by Crippen LogP contribution is -2.36. The molecule has 0 aliphatic carbocycles. The van der Waals surface area contributed by atoms with E-state index in [1.54, 1.807) is 6.08 Å². The first-order valence-corrected chi connectivity index (χ1v) is 7.01. The molecule has 1 aliphatic heterocycles. The van der Waals surface area contributed by atoms with Crippen molar-refractivity contribution in [3.63, 3.8) is 0 Å². The molecule has 3 rings (SSSR count). The summed E-state index contributed by atoms with van der Waals surface area (Å²) < 4.78 is 5.40. The monoisotopic (exact) mass is 283 g/mol. The third-order valence-electron chi connectivity index (χ3n) is 3.69. The van der Waals surface area contributed by atoms with E-state index in [-0.39, 0.29) is 0 Å². The van der Waals surface area contributed by atoms with Crippen molar-refractivity contribution >= 4 is 28.5 Å². The van der Waals surface area contributed by atoms with Crippen LogP contribution >= 0.6 is 0 Å². The van der Waals surface area contributed by atoms with Crippen molar-refractivity contribution < 1.29 is 14.6 Å². The van der Waals surface area contributed by atoms with Crippen LogP contribution in [0.1, 0.15) is 5.56 Å². The third kappa shape index (κ3) is 2.90. The summed E-state index contributed by atoms with van der Waals surface area (Å²) in [6.45, 7) is 3.26. The number of carboxylic acid groups (broad SMARTS) is 1. The summed E-state index contributed by atoms with van der Waals surface area (Å²) in [7, 11) is 0. The summed E-state index contributed by atoms with van der Waals surface area (Å²) in [5.41, 5.74) is 2.10. The van der Waals surface area contributed by atoms with Crippen molar-refractivity contribution in [3.05, 3.63) is 48.0 Å². The van der Waals surface area contributed by atoms with Crippen LogP contribution < -0.4 is 4.90 Å². The van der Waals surface area contributed by atoms with Crippen LogP contribution in [0.4, 0.5) is 5.69 Å². The standard InChI is InChI=1S/C17H17NO3/c19-17(20)8-6-13-5-7-16(18-9-11-21-12-10-18)15-4-2-1-3-14(13)15/h1-8H,9-12H2,(H,19,20). The van der Waals surface area contributed by atoms with Crippen LogP contribution in [0.2, 0.25) is 0 Å². The van der Waals surface area contributed by atoms with Gasteiger partial charge in [0.25, 0.3) is 0 Å². The molecule has 0 unspecified atom stereocenters. The first kappa shape index (κ1) is 13.6. The maximum atomic E-state index is 10.7. The van der Waals surface area contributed by atoms with E-state index in [4.69, 9.17) is 9.84 Å². The van der Waals surface area contributed by atoms with Gasteiger partial charge in [0, 0.05) is 30.2 Å². The van der Waals surface area contributed by atoms with Gasteiger partial charge in [-0.15, -0.1) is 0 Å². The minimum Gasteiger partial charge on any atom is -0.478 e. The topological polar surface area (TPSA) is 49.8 Å². The predicted octanol–water partition coefficient (Wildman–Crippen LogP) is 2.77. The number of nitrogens with zero attached hydrogens (tertiary/aromatic N) is 1. The highest BCUT2D eigenvalue weighted by molar-refractivity contribution is 6.01. The van der Waals surface area contributed by atoms with E-state index in [0.29, 0.717) is 0 Å². The van der Waals surface area contributed by atoms with Crippen molar-refractivity contribution in [2.75, 3.05) is 31.2 Å². The molecule has 108 valence electrons. The molecule has 1 heterocycles. The number of hydrogen-bond acceptors (Lipinski definition) is 3. The maximum Gasteiger partial charge on any atom is 0.328 e. The molecule has 4 heteroatoms. The molecule has 1 saturated heterocycles. The van der Waals surface area contributed by atoms with Crippen LogP contribution in [0.5, 0.6) is 0 Å². The quantitative estimate of drug-likeness (QED) is 0.880. The Morgan fingerprint density at radius 1 is 1.10 bits per heavy atom. The summed E-state index contributed by atoms with van der Waals surface area (Å²) in [5, 5.41) is 11.0. The maximum absolute atomic E-state index is 10.7. The Morgan fingerprint density at radius 2 is 1.81 bits per heavy atom. The molecule has 1 aliphatic rings. The number of morpholine rings is 1. The van der Waals surface area contributed by atoms with Gasteiger partial charge >= 0.3 is 5.97 Å². The Morgan fingerprint density at radius 3 is 2.52 bits per heavy atom. The van der Waals surface area contributed by atoms with Crippen LogP contribution in [-0.4, -0.2) is 37.4 Å². The lowest BCUT2D eigenvalue weighted by atomic mass is 10.0. The Balaban J connectivity index is 2.07. The van der Waals surface area contributed by atoms with Gasteiger partial charge in [-0.2, -0.15) is 0 Å². The minimum absolute atomic E-state index is 0.745. The van der Waals surface area contributed by atoms with Gasteiger partial charge in [0.1, 0.15) is 0 Å². The molecule has 0 bridgehead atoms. The zero-order valence-electron chi connectivity index (χ0n) is 11.7. The highest BCUT2D eigenvalue weighted by atomic mass is 16.5. The zero-order chi connectivity index (χ0) is 14.7. The number of carbonyl (C=O) groups is 1. The summed E-state index contributed by atoms with van der Waals surface area (Å²) in [6.07, 6.45) is 2.82. The minimum atomic E-state index is -0.934. The van der Waals surface area contributed by atoms with Crippen LogP contribution in [-0.2, 0) is 9.53 Å². The second-order valence-electron chi connectivity index (χ2n) is 4.99. The molecule has 0 aromatic heterocycles. The van der Waals surface area contributed by atoms with Gasteiger partial charge in [-0.25, -0.2) is 4.79 Å². The van der Waals surface area contributed by atoms with Crippen LogP contribution in [0, 0.1) is 0 Å². The number of anilines is 1. The van der Waals surface area contributed by atoms with Gasteiger partial charge < -0.3 is 14.7 Å². The number of fused-ring (bicyclic) bond motifs is 1. The third-order valence-corrected chi connectivity index (χ3v) is 3.69. The first-order chi connectivity index (χ1) is 10.3. The lowest BCUT2D eigenvalue weighted by molar-refractivity contribution is -0.131. The zero-order valence-corrected chi connectivity index (χ0v) is 11.7. The number of rotatable bonds is 3. The van der Waals surface area contributed by atoms with E-state index < -0.39 is 5.97 Å². The SMILES string of the molecule is O=C(O)C=Cc1ccc(N2CCOCC2)c2ccccc12. The molecule has 2 aromatic carbocycles. The fraction of sp³-hybridized carbons (Fsp3) is 0.235. The fourth-order valence-corrected chi connectivity index (χ4v) is 2.69. The number of aliphatic carboxylic acids is 1. The largest absolute Gasteiger partial charge is 0.478 e.